The van der Waals surface area contributed by atoms with Gasteiger partial charge in [0.2, 0.25) is 5.91 Å². The van der Waals surface area contributed by atoms with Crippen LogP contribution in [0.1, 0.15) is 25.3 Å². The van der Waals surface area contributed by atoms with Crippen LogP contribution >= 0.6 is 0 Å². The van der Waals surface area contributed by atoms with E-state index in [0.717, 1.165) is 23.3 Å². The number of carbonyl (C=O) groups excluding carboxylic acids is 3. The zero-order chi connectivity index (χ0) is 17.1. The summed E-state index contributed by atoms with van der Waals surface area (Å²) in [6.07, 6.45) is 2.39. The van der Waals surface area contributed by atoms with Crippen LogP contribution in [-0.4, -0.2) is 53.3 Å². The van der Waals surface area contributed by atoms with Crippen molar-refractivity contribution in [1.29, 1.82) is 0 Å². The molecule has 1 N–H and O–H groups in total. The van der Waals surface area contributed by atoms with Crippen molar-refractivity contribution in [2.45, 2.75) is 32.2 Å². The number of nitrogens with one attached hydrogen (secondary N) is 1. The molecule has 1 aromatic carbocycles. The van der Waals surface area contributed by atoms with Crippen LogP contribution in [-0.2, 0) is 16.0 Å². The molecule has 1 aromatic rings. The van der Waals surface area contributed by atoms with E-state index in [0.29, 0.717) is 25.4 Å². The number of nitrogens with zero attached hydrogens (tertiary/aromatic N) is 2. The van der Waals surface area contributed by atoms with Gasteiger partial charge in [0.1, 0.15) is 12.6 Å². The normalized spacial score (nSPS) is 22.0. The molecule has 6 nitrogen and oxygen atoms in total. The van der Waals surface area contributed by atoms with Gasteiger partial charge >= 0.3 is 6.03 Å². The van der Waals surface area contributed by atoms with Crippen LogP contribution in [0.2, 0.25) is 0 Å². The minimum Gasteiger partial charge on any atom is -0.341 e. The molecule has 2 aliphatic rings. The number of likely N-dealkylation sites (tertiary alicyclic amines) is 1. The molecule has 3 rings (SSSR count). The van der Waals surface area contributed by atoms with Gasteiger partial charge in [-0.1, -0.05) is 37.3 Å². The predicted molar refractivity (Wildman–Crippen MR) is 89.2 cm³/mol. The first-order valence-electron chi connectivity index (χ1n) is 8.48. The number of hydrogen-bond donors (Lipinski definition) is 1. The Balaban J connectivity index is 1.59. The van der Waals surface area contributed by atoms with Crippen LogP contribution < -0.4 is 5.32 Å². The van der Waals surface area contributed by atoms with E-state index >= 15 is 0 Å². The fraction of sp³-hybridized carbons (Fsp3) is 0.500. The van der Waals surface area contributed by atoms with Crippen molar-refractivity contribution >= 4 is 17.8 Å². The second-order valence-corrected chi connectivity index (χ2v) is 6.68. The third-order valence-corrected chi connectivity index (χ3v) is 4.82. The summed E-state index contributed by atoms with van der Waals surface area (Å²) in [4.78, 5) is 39.7. The highest BCUT2D eigenvalue weighted by Crippen LogP contribution is 2.17. The minimum atomic E-state index is -0.589. The Morgan fingerprint density at radius 1 is 1.17 bits per heavy atom. The van der Waals surface area contributed by atoms with Crippen molar-refractivity contribution in [3.63, 3.8) is 0 Å². The molecule has 4 amide bonds. The van der Waals surface area contributed by atoms with E-state index in [9.17, 15) is 14.4 Å². The molecule has 0 aliphatic carbocycles. The molecule has 24 heavy (non-hydrogen) atoms. The molecule has 128 valence electrons. The highest BCUT2D eigenvalue weighted by atomic mass is 16.2. The van der Waals surface area contributed by atoms with Gasteiger partial charge in [-0.2, -0.15) is 0 Å². The fourth-order valence-corrected chi connectivity index (χ4v) is 3.21. The number of urea groups is 1. The van der Waals surface area contributed by atoms with E-state index in [1.54, 1.807) is 4.90 Å². The number of benzene rings is 1. The lowest BCUT2D eigenvalue weighted by Crippen LogP contribution is -2.46. The van der Waals surface area contributed by atoms with Crippen LogP contribution in [0.4, 0.5) is 4.79 Å². The highest BCUT2D eigenvalue weighted by molar-refractivity contribution is 6.06. The zero-order valence-corrected chi connectivity index (χ0v) is 13.9. The smallest absolute Gasteiger partial charge is 0.325 e. The van der Waals surface area contributed by atoms with Gasteiger partial charge in [0, 0.05) is 19.5 Å². The lowest BCUT2D eigenvalue weighted by atomic mass is 9.99. The van der Waals surface area contributed by atoms with Crippen molar-refractivity contribution in [3.8, 4) is 0 Å². The average Bonchev–Trinajstić information content (AvgIpc) is 2.84. The maximum Gasteiger partial charge on any atom is 0.325 e. The molecule has 2 heterocycles. The summed E-state index contributed by atoms with van der Waals surface area (Å²) in [7, 11) is 0. The second kappa shape index (κ2) is 7.03. The molecule has 0 bridgehead atoms. The van der Waals surface area contributed by atoms with Crippen molar-refractivity contribution in [3.05, 3.63) is 35.9 Å². The summed E-state index contributed by atoms with van der Waals surface area (Å²) in [5.41, 5.74) is 0.981. The molecule has 0 spiro atoms. The number of hydrogen-bond acceptors (Lipinski definition) is 3. The lowest BCUT2D eigenvalue weighted by Gasteiger charge is -2.31. The van der Waals surface area contributed by atoms with E-state index in [4.69, 9.17) is 0 Å². The Labute approximate surface area is 141 Å². The largest absolute Gasteiger partial charge is 0.341 e. The van der Waals surface area contributed by atoms with Crippen LogP contribution in [0.5, 0.6) is 0 Å². The fourth-order valence-electron chi connectivity index (χ4n) is 3.21. The van der Waals surface area contributed by atoms with E-state index < -0.39 is 12.1 Å². The van der Waals surface area contributed by atoms with Gasteiger partial charge in [-0.05, 0) is 24.3 Å². The summed E-state index contributed by atoms with van der Waals surface area (Å²) >= 11 is 0. The van der Waals surface area contributed by atoms with Crippen LogP contribution in [0.3, 0.4) is 0 Å². The van der Waals surface area contributed by atoms with Crippen molar-refractivity contribution in [1.82, 2.24) is 15.1 Å². The molecule has 1 unspecified atom stereocenters. The maximum atomic E-state index is 12.5. The molecule has 1 atom stereocenters. The third kappa shape index (κ3) is 3.58. The first-order chi connectivity index (χ1) is 11.5. The minimum absolute atomic E-state index is 0.147. The Morgan fingerprint density at radius 2 is 1.83 bits per heavy atom. The summed E-state index contributed by atoms with van der Waals surface area (Å²) < 4.78 is 0. The van der Waals surface area contributed by atoms with Gasteiger partial charge in [-0.15, -0.1) is 0 Å². The zero-order valence-electron chi connectivity index (χ0n) is 13.9. The molecule has 2 aliphatic heterocycles. The van der Waals surface area contributed by atoms with E-state index in [1.807, 2.05) is 30.3 Å². The van der Waals surface area contributed by atoms with Gasteiger partial charge in [-0.25, -0.2) is 4.79 Å². The predicted octanol–water partition coefficient (Wildman–Crippen LogP) is 1.41. The SMILES string of the molecule is CC1CCN(C(=O)CN2C(=O)NC(Cc3ccccc3)C2=O)CC1. The molecule has 6 heteroatoms. The Kier molecular flexibility index (Phi) is 4.83. The standard InChI is InChI=1S/C18H23N3O3/c1-13-7-9-20(10-8-13)16(22)12-21-17(23)15(19-18(21)24)11-14-5-3-2-4-6-14/h2-6,13,15H,7-12H2,1H3,(H,19,24). The van der Waals surface area contributed by atoms with Gasteiger partial charge in [0.05, 0.1) is 0 Å². The van der Waals surface area contributed by atoms with Crippen LogP contribution in [0.15, 0.2) is 30.3 Å². The average molecular weight is 329 g/mol. The third-order valence-electron chi connectivity index (χ3n) is 4.82. The number of amides is 4. The number of rotatable bonds is 4. The highest BCUT2D eigenvalue weighted by Gasteiger charge is 2.39. The van der Waals surface area contributed by atoms with Crippen molar-refractivity contribution < 1.29 is 14.4 Å². The number of imide groups is 1. The second-order valence-electron chi connectivity index (χ2n) is 6.68. The van der Waals surface area contributed by atoms with Gasteiger partial charge in [0.15, 0.2) is 0 Å². The topological polar surface area (TPSA) is 69.7 Å². The summed E-state index contributed by atoms with van der Waals surface area (Å²) in [6, 6.07) is 8.48. The molecule has 0 saturated carbocycles. The molecule has 2 fully saturated rings. The Bertz CT molecular complexity index is 624. The summed E-state index contributed by atoms with van der Waals surface area (Å²) in [5.74, 6) is 0.161. The molecule has 0 radical (unpaired) electrons. The number of carbonyl (C=O) groups is 3. The van der Waals surface area contributed by atoms with Crippen molar-refractivity contribution in [2.24, 2.45) is 5.92 Å². The first kappa shape index (κ1) is 16.5. The molecule has 2 saturated heterocycles. The van der Waals surface area contributed by atoms with E-state index in [2.05, 4.69) is 12.2 Å². The quantitative estimate of drug-likeness (QED) is 0.849. The monoisotopic (exact) mass is 329 g/mol. The van der Waals surface area contributed by atoms with Gasteiger partial charge < -0.3 is 10.2 Å². The molecular formula is C18H23N3O3. The summed E-state index contributed by atoms with van der Waals surface area (Å²) in [6.45, 7) is 3.42. The van der Waals surface area contributed by atoms with E-state index in [1.165, 1.54) is 0 Å². The van der Waals surface area contributed by atoms with Crippen LogP contribution in [0.25, 0.3) is 0 Å². The number of piperidine rings is 1. The summed E-state index contributed by atoms with van der Waals surface area (Å²) in [5, 5.41) is 2.68. The first-order valence-corrected chi connectivity index (χ1v) is 8.48. The van der Waals surface area contributed by atoms with Gasteiger partial charge in [0.25, 0.3) is 5.91 Å². The van der Waals surface area contributed by atoms with Crippen molar-refractivity contribution in [2.75, 3.05) is 19.6 Å². The Hall–Kier alpha value is -2.37. The van der Waals surface area contributed by atoms with Gasteiger partial charge in [-0.3, -0.25) is 14.5 Å². The lowest BCUT2D eigenvalue weighted by molar-refractivity contribution is -0.138. The molecular weight excluding hydrogens is 306 g/mol. The van der Waals surface area contributed by atoms with Crippen LogP contribution in [0, 0.1) is 5.92 Å². The molecule has 0 aromatic heterocycles. The maximum absolute atomic E-state index is 12.5. The van der Waals surface area contributed by atoms with E-state index in [-0.39, 0.29) is 18.4 Å². The Morgan fingerprint density at radius 3 is 2.50 bits per heavy atom.